The van der Waals surface area contributed by atoms with Crippen LogP contribution in [0.5, 0.6) is 0 Å². The molecule has 1 saturated heterocycles. The highest BCUT2D eigenvalue weighted by molar-refractivity contribution is 7.88. The van der Waals surface area contributed by atoms with Gasteiger partial charge in [-0.05, 0) is 31.2 Å². The molecule has 1 atom stereocenters. The monoisotopic (exact) mass is 339 g/mol. The van der Waals surface area contributed by atoms with Crippen LogP contribution in [0.15, 0.2) is 30.3 Å². The Kier molecular flexibility index (Phi) is 6.41. The lowest BCUT2D eigenvalue weighted by atomic mass is 10.00. The molecule has 0 saturated carbocycles. The van der Waals surface area contributed by atoms with Gasteiger partial charge in [-0.15, -0.1) is 0 Å². The number of hydrogen-bond acceptors (Lipinski definition) is 3. The number of benzene rings is 1. The quantitative estimate of drug-likeness (QED) is 0.828. The maximum atomic E-state index is 12.4. The Hall–Kier alpha value is -1.60. The average molecular weight is 339 g/mol. The molecule has 1 aliphatic rings. The number of urea groups is 1. The van der Waals surface area contributed by atoms with E-state index in [1.165, 1.54) is 0 Å². The Labute approximate surface area is 138 Å². The molecule has 1 unspecified atom stereocenters. The molecule has 0 spiro atoms. The van der Waals surface area contributed by atoms with Crippen molar-refractivity contribution < 1.29 is 13.2 Å². The molecule has 2 rings (SSSR count). The molecule has 1 aliphatic heterocycles. The molecule has 23 heavy (non-hydrogen) atoms. The molecule has 1 heterocycles. The van der Waals surface area contributed by atoms with Crippen LogP contribution >= 0.6 is 0 Å². The second kappa shape index (κ2) is 8.31. The van der Waals surface area contributed by atoms with Gasteiger partial charge >= 0.3 is 6.03 Å². The number of amides is 2. The summed E-state index contributed by atoms with van der Waals surface area (Å²) in [4.78, 5) is 14.3. The number of carbonyl (C=O) groups is 1. The fourth-order valence-electron chi connectivity index (χ4n) is 2.85. The topological polar surface area (TPSA) is 78.5 Å². The van der Waals surface area contributed by atoms with Gasteiger partial charge in [-0.3, -0.25) is 0 Å². The minimum absolute atomic E-state index is 0.0714. The predicted octanol–water partition coefficient (Wildman–Crippen LogP) is 1.69. The van der Waals surface area contributed by atoms with Crippen molar-refractivity contribution >= 4 is 16.1 Å². The summed E-state index contributed by atoms with van der Waals surface area (Å²) in [6.45, 7) is 1.60. The van der Waals surface area contributed by atoms with Gasteiger partial charge in [0.05, 0.1) is 6.26 Å². The van der Waals surface area contributed by atoms with Gasteiger partial charge in [0, 0.05) is 25.7 Å². The van der Waals surface area contributed by atoms with Crippen molar-refractivity contribution in [2.45, 2.75) is 38.3 Å². The number of rotatable bonds is 6. The van der Waals surface area contributed by atoms with Gasteiger partial charge in [-0.1, -0.05) is 30.3 Å². The third-order valence-corrected chi connectivity index (χ3v) is 4.74. The molecule has 128 valence electrons. The number of sulfonamides is 1. The fourth-order valence-corrected chi connectivity index (χ4v) is 3.34. The summed E-state index contributed by atoms with van der Waals surface area (Å²) in [6.07, 6.45) is 4.79. The first-order valence-corrected chi connectivity index (χ1v) is 9.88. The molecule has 7 heteroatoms. The van der Waals surface area contributed by atoms with Crippen molar-refractivity contribution in [1.82, 2.24) is 14.9 Å². The highest BCUT2D eigenvalue weighted by Gasteiger charge is 2.26. The molecule has 2 N–H and O–H groups in total. The van der Waals surface area contributed by atoms with E-state index in [-0.39, 0.29) is 12.1 Å². The smallest absolute Gasteiger partial charge is 0.317 e. The maximum Gasteiger partial charge on any atom is 0.317 e. The number of nitrogens with zero attached hydrogens (tertiary/aromatic N) is 1. The zero-order chi connectivity index (χ0) is 16.7. The molecule has 0 bridgehead atoms. The summed E-state index contributed by atoms with van der Waals surface area (Å²) in [7, 11) is -3.18. The SMILES string of the molecule is CS(=O)(=O)NCCC1CCCCN1C(=O)NCc1ccccc1. The molecule has 2 amide bonds. The van der Waals surface area contributed by atoms with Gasteiger partial charge in [0.2, 0.25) is 10.0 Å². The Balaban J connectivity index is 1.85. The number of nitrogens with one attached hydrogen (secondary N) is 2. The minimum Gasteiger partial charge on any atom is -0.334 e. The van der Waals surface area contributed by atoms with E-state index < -0.39 is 10.0 Å². The molecular formula is C16H25N3O3S. The minimum atomic E-state index is -3.18. The van der Waals surface area contributed by atoms with Crippen molar-refractivity contribution in [3.05, 3.63) is 35.9 Å². The third-order valence-electron chi connectivity index (χ3n) is 4.02. The van der Waals surface area contributed by atoms with Gasteiger partial charge in [-0.2, -0.15) is 0 Å². The van der Waals surface area contributed by atoms with Crippen LogP contribution in [0.2, 0.25) is 0 Å². The van der Waals surface area contributed by atoms with Crippen molar-refractivity contribution in [3.63, 3.8) is 0 Å². The van der Waals surface area contributed by atoms with Crippen LogP contribution in [-0.4, -0.2) is 44.7 Å². The second-order valence-electron chi connectivity index (χ2n) is 5.94. The summed E-state index contributed by atoms with van der Waals surface area (Å²) < 4.78 is 24.8. The van der Waals surface area contributed by atoms with Crippen LogP contribution in [0.25, 0.3) is 0 Å². The van der Waals surface area contributed by atoms with Crippen molar-refractivity contribution in [2.75, 3.05) is 19.3 Å². The first-order valence-electron chi connectivity index (χ1n) is 7.99. The molecule has 0 aliphatic carbocycles. The molecule has 6 nitrogen and oxygen atoms in total. The Morgan fingerprint density at radius 2 is 2.00 bits per heavy atom. The van der Waals surface area contributed by atoms with Gasteiger partial charge in [0.25, 0.3) is 0 Å². The predicted molar refractivity (Wildman–Crippen MR) is 90.5 cm³/mol. The normalized spacial score (nSPS) is 18.7. The first-order chi connectivity index (χ1) is 11.0. The average Bonchev–Trinajstić information content (AvgIpc) is 2.53. The largest absolute Gasteiger partial charge is 0.334 e. The summed E-state index contributed by atoms with van der Waals surface area (Å²) in [5, 5.41) is 2.95. The summed E-state index contributed by atoms with van der Waals surface area (Å²) in [5.74, 6) is 0. The van der Waals surface area contributed by atoms with Crippen LogP contribution in [0.1, 0.15) is 31.2 Å². The van der Waals surface area contributed by atoms with E-state index in [1.54, 1.807) is 0 Å². The van der Waals surface area contributed by atoms with E-state index >= 15 is 0 Å². The lowest BCUT2D eigenvalue weighted by Crippen LogP contribution is -2.49. The zero-order valence-electron chi connectivity index (χ0n) is 13.5. The van der Waals surface area contributed by atoms with Crippen LogP contribution < -0.4 is 10.0 Å². The summed E-state index contributed by atoms with van der Waals surface area (Å²) >= 11 is 0. The van der Waals surface area contributed by atoms with E-state index in [0.717, 1.165) is 37.6 Å². The number of piperidine rings is 1. The number of hydrogen-bond donors (Lipinski definition) is 2. The molecule has 1 aromatic rings. The van der Waals surface area contributed by atoms with Crippen molar-refractivity contribution in [3.8, 4) is 0 Å². The fraction of sp³-hybridized carbons (Fsp3) is 0.562. The second-order valence-corrected chi connectivity index (χ2v) is 7.78. The molecule has 1 aromatic carbocycles. The standard InChI is InChI=1S/C16H25N3O3S/c1-23(21,22)18-11-10-15-9-5-6-12-19(15)16(20)17-13-14-7-3-2-4-8-14/h2-4,7-8,15,18H,5-6,9-13H2,1H3,(H,17,20). The lowest BCUT2D eigenvalue weighted by Gasteiger charge is -2.35. The highest BCUT2D eigenvalue weighted by Crippen LogP contribution is 2.19. The van der Waals surface area contributed by atoms with Gasteiger partial charge in [-0.25, -0.2) is 17.9 Å². The highest BCUT2D eigenvalue weighted by atomic mass is 32.2. The molecule has 0 radical (unpaired) electrons. The van der Waals surface area contributed by atoms with Gasteiger partial charge in [0.15, 0.2) is 0 Å². The van der Waals surface area contributed by atoms with Crippen LogP contribution in [0.3, 0.4) is 0 Å². The van der Waals surface area contributed by atoms with Crippen LogP contribution in [0, 0.1) is 0 Å². The Morgan fingerprint density at radius 1 is 1.26 bits per heavy atom. The summed E-state index contributed by atoms with van der Waals surface area (Å²) in [5.41, 5.74) is 1.06. The van der Waals surface area contributed by atoms with Crippen LogP contribution in [-0.2, 0) is 16.6 Å². The molecule has 1 fully saturated rings. The van der Waals surface area contributed by atoms with Gasteiger partial charge < -0.3 is 10.2 Å². The summed E-state index contributed by atoms with van der Waals surface area (Å²) in [6, 6.07) is 9.81. The van der Waals surface area contributed by atoms with E-state index in [1.807, 2.05) is 35.2 Å². The molecular weight excluding hydrogens is 314 g/mol. The number of carbonyl (C=O) groups excluding carboxylic acids is 1. The Bertz CT molecular complexity index is 604. The first kappa shape index (κ1) is 17.7. The molecule has 0 aromatic heterocycles. The lowest BCUT2D eigenvalue weighted by molar-refractivity contribution is 0.147. The van der Waals surface area contributed by atoms with Crippen molar-refractivity contribution in [1.29, 1.82) is 0 Å². The van der Waals surface area contributed by atoms with Gasteiger partial charge in [0.1, 0.15) is 0 Å². The van der Waals surface area contributed by atoms with E-state index in [2.05, 4.69) is 10.0 Å². The number of likely N-dealkylation sites (tertiary alicyclic amines) is 1. The zero-order valence-corrected chi connectivity index (χ0v) is 14.3. The Morgan fingerprint density at radius 3 is 2.70 bits per heavy atom. The van der Waals surface area contributed by atoms with E-state index in [9.17, 15) is 13.2 Å². The third kappa shape index (κ3) is 6.19. The van der Waals surface area contributed by atoms with E-state index in [0.29, 0.717) is 19.5 Å². The van der Waals surface area contributed by atoms with Crippen molar-refractivity contribution in [2.24, 2.45) is 0 Å². The van der Waals surface area contributed by atoms with E-state index in [4.69, 9.17) is 0 Å². The van der Waals surface area contributed by atoms with Crippen LogP contribution in [0.4, 0.5) is 4.79 Å². The maximum absolute atomic E-state index is 12.4.